The smallest absolute Gasteiger partial charge is 0.309 e. The highest BCUT2D eigenvalue weighted by molar-refractivity contribution is 6.73. The van der Waals surface area contributed by atoms with E-state index in [2.05, 4.69) is 46.9 Å². The van der Waals surface area contributed by atoms with Crippen molar-refractivity contribution in [2.45, 2.75) is 97.1 Å². The Labute approximate surface area is 178 Å². The van der Waals surface area contributed by atoms with Crippen molar-refractivity contribution in [3.63, 3.8) is 0 Å². The van der Waals surface area contributed by atoms with Crippen LogP contribution < -0.4 is 0 Å². The first kappa shape index (κ1) is 25.6. The Kier molecular flexibility index (Phi) is 11.5. The van der Waals surface area contributed by atoms with Gasteiger partial charge >= 0.3 is 5.97 Å². The van der Waals surface area contributed by atoms with Gasteiger partial charge < -0.3 is 4.74 Å². The standard InChI is InChI=1S/C24H40O4Si/c1-7-8-9-10-11-15-18-22(27-28-29(5,6)24(2,3)4)19-23(25)26-20-21-16-13-12-14-17-21/h12-18,22H,7-11,19-20H2,1-6H3/b18-15+. The van der Waals surface area contributed by atoms with Crippen LogP contribution in [0.25, 0.3) is 0 Å². The van der Waals surface area contributed by atoms with Gasteiger partial charge in [0.2, 0.25) is 8.32 Å². The van der Waals surface area contributed by atoms with Crippen LogP contribution in [0.2, 0.25) is 18.1 Å². The van der Waals surface area contributed by atoms with Crippen LogP contribution in [-0.2, 0) is 25.6 Å². The lowest BCUT2D eigenvalue weighted by Gasteiger charge is -2.35. The fourth-order valence-corrected chi connectivity index (χ4v) is 2.95. The van der Waals surface area contributed by atoms with Gasteiger partial charge in [0.15, 0.2) is 0 Å². The average Bonchev–Trinajstić information content (AvgIpc) is 2.67. The Bertz CT molecular complexity index is 605. The molecular weight excluding hydrogens is 380 g/mol. The molecule has 0 aliphatic carbocycles. The van der Waals surface area contributed by atoms with Crippen LogP contribution in [0.4, 0.5) is 0 Å². The van der Waals surface area contributed by atoms with Gasteiger partial charge in [0.05, 0.1) is 6.42 Å². The fraction of sp³-hybridized carbons (Fsp3) is 0.625. The summed E-state index contributed by atoms with van der Waals surface area (Å²) in [6.45, 7) is 13.2. The molecule has 0 aromatic heterocycles. The molecule has 0 spiro atoms. The Balaban J connectivity index is 2.60. The van der Waals surface area contributed by atoms with Crippen LogP contribution in [0.1, 0.15) is 71.8 Å². The highest BCUT2D eigenvalue weighted by Crippen LogP contribution is 2.37. The van der Waals surface area contributed by atoms with Crippen molar-refractivity contribution in [3.8, 4) is 0 Å². The molecule has 1 unspecified atom stereocenters. The Morgan fingerprint density at radius 2 is 1.79 bits per heavy atom. The summed E-state index contributed by atoms with van der Waals surface area (Å²) in [6, 6.07) is 9.70. The lowest BCUT2D eigenvalue weighted by Crippen LogP contribution is -2.41. The van der Waals surface area contributed by atoms with Crippen molar-refractivity contribution in [1.82, 2.24) is 0 Å². The van der Waals surface area contributed by atoms with Gasteiger partial charge in [0, 0.05) is 0 Å². The molecule has 29 heavy (non-hydrogen) atoms. The predicted octanol–water partition coefficient (Wildman–Crippen LogP) is 6.97. The van der Waals surface area contributed by atoms with Crippen LogP contribution in [0, 0.1) is 0 Å². The third kappa shape index (κ3) is 10.8. The minimum Gasteiger partial charge on any atom is -0.461 e. The number of esters is 1. The van der Waals surface area contributed by atoms with Crippen LogP contribution in [-0.4, -0.2) is 20.4 Å². The third-order valence-electron chi connectivity index (χ3n) is 5.37. The summed E-state index contributed by atoms with van der Waals surface area (Å²) in [7, 11) is -2.06. The summed E-state index contributed by atoms with van der Waals surface area (Å²) in [5.41, 5.74) is 0.974. The molecule has 1 aromatic carbocycles. The molecule has 0 saturated carbocycles. The van der Waals surface area contributed by atoms with Crippen LogP contribution >= 0.6 is 0 Å². The molecule has 4 nitrogen and oxygen atoms in total. The van der Waals surface area contributed by atoms with E-state index in [1.54, 1.807) is 0 Å². The number of allylic oxidation sites excluding steroid dienone is 1. The number of hydrogen-bond acceptors (Lipinski definition) is 4. The van der Waals surface area contributed by atoms with E-state index in [0.717, 1.165) is 18.4 Å². The molecule has 0 bridgehead atoms. The summed E-state index contributed by atoms with van der Waals surface area (Å²) in [6.07, 6.45) is 9.61. The molecule has 0 aliphatic rings. The van der Waals surface area contributed by atoms with Gasteiger partial charge in [-0.1, -0.05) is 89.4 Å². The number of ether oxygens (including phenoxy) is 1. The number of unbranched alkanes of at least 4 members (excludes halogenated alkanes) is 4. The van der Waals surface area contributed by atoms with Gasteiger partial charge in [0.1, 0.15) is 12.7 Å². The zero-order valence-corrected chi connectivity index (χ0v) is 20.2. The van der Waals surface area contributed by atoms with E-state index in [4.69, 9.17) is 14.2 Å². The summed E-state index contributed by atoms with van der Waals surface area (Å²) >= 11 is 0. The van der Waals surface area contributed by atoms with E-state index in [1.807, 2.05) is 36.4 Å². The quantitative estimate of drug-likeness (QED) is 0.0863. The minimum atomic E-state index is -2.06. The molecular formula is C24H40O4Si. The summed E-state index contributed by atoms with van der Waals surface area (Å²) < 4.78 is 11.3. The van der Waals surface area contributed by atoms with Crippen LogP contribution in [0.3, 0.4) is 0 Å². The maximum absolute atomic E-state index is 12.3. The van der Waals surface area contributed by atoms with E-state index in [-0.39, 0.29) is 24.0 Å². The molecule has 1 aromatic rings. The first-order valence-corrected chi connectivity index (χ1v) is 13.8. The second-order valence-electron chi connectivity index (χ2n) is 9.11. The maximum atomic E-state index is 12.3. The van der Waals surface area contributed by atoms with Crippen molar-refractivity contribution < 1.29 is 19.0 Å². The van der Waals surface area contributed by atoms with Gasteiger partial charge in [0.25, 0.3) is 0 Å². The molecule has 1 rings (SSSR count). The van der Waals surface area contributed by atoms with Gasteiger partial charge in [-0.15, -0.1) is 0 Å². The monoisotopic (exact) mass is 420 g/mol. The van der Waals surface area contributed by atoms with Crippen molar-refractivity contribution in [1.29, 1.82) is 0 Å². The SMILES string of the molecule is CCCCCC/C=C/C(CC(=O)OCc1ccccc1)OO[Si](C)(C)C(C)(C)C. The molecule has 0 N–H and O–H groups in total. The predicted molar refractivity (Wildman–Crippen MR) is 122 cm³/mol. The first-order valence-electron chi connectivity index (χ1n) is 10.9. The fourth-order valence-electron chi connectivity index (χ4n) is 2.34. The van der Waals surface area contributed by atoms with Crippen molar-refractivity contribution >= 4 is 14.3 Å². The molecule has 0 aliphatic heterocycles. The number of carbonyl (C=O) groups is 1. The largest absolute Gasteiger partial charge is 0.461 e. The number of rotatable bonds is 13. The average molecular weight is 421 g/mol. The Morgan fingerprint density at radius 1 is 1.10 bits per heavy atom. The number of hydrogen-bond donors (Lipinski definition) is 0. The van der Waals surface area contributed by atoms with Crippen molar-refractivity contribution in [2.24, 2.45) is 0 Å². The van der Waals surface area contributed by atoms with E-state index in [1.165, 1.54) is 19.3 Å². The summed E-state index contributed by atoms with van der Waals surface area (Å²) in [5, 5.41) is 0.0369. The highest BCUT2D eigenvalue weighted by Gasteiger charge is 2.39. The first-order chi connectivity index (χ1) is 13.7. The molecule has 5 heteroatoms. The summed E-state index contributed by atoms with van der Waals surface area (Å²) in [5.74, 6) is -0.284. The van der Waals surface area contributed by atoms with Crippen LogP contribution in [0.15, 0.2) is 42.5 Å². The van der Waals surface area contributed by atoms with Crippen LogP contribution in [0.5, 0.6) is 0 Å². The second kappa shape index (κ2) is 13.0. The summed E-state index contributed by atoms with van der Waals surface area (Å²) in [4.78, 5) is 18.1. The lowest BCUT2D eigenvalue weighted by molar-refractivity contribution is -0.247. The zero-order valence-electron chi connectivity index (χ0n) is 19.2. The minimum absolute atomic E-state index is 0.0369. The maximum Gasteiger partial charge on any atom is 0.309 e. The van der Waals surface area contributed by atoms with Crippen molar-refractivity contribution in [2.75, 3.05) is 0 Å². The Hall–Kier alpha value is -1.43. The van der Waals surface area contributed by atoms with Gasteiger partial charge in [-0.3, -0.25) is 9.37 Å². The zero-order chi connectivity index (χ0) is 21.8. The van der Waals surface area contributed by atoms with E-state index >= 15 is 0 Å². The molecule has 0 heterocycles. The molecule has 0 amide bonds. The third-order valence-corrected chi connectivity index (χ3v) is 9.50. The molecule has 0 saturated heterocycles. The molecule has 164 valence electrons. The van der Waals surface area contributed by atoms with Crippen molar-refractivity contribution in [3.05, 3.63) is 48.0 Å². The molecule has 1 atom stereocenters. The van der Waals surface area contributed by atoms with Gasteiger partial charge in [-0.05, 0) is 36.5 Å². The highest BCUT2D eigenvalue weighted by atomic mass is 28.4. The topological polar surface area (TPSA) is 44.8 Å². The number of carbonyl (C=O) groups excluding carboxylic acids is 1. The van der Waals surface area contributed by atoms with Gasteiger partial charge in [-0.2, -0.15) is 0 Å². The Morgan fingerprint density at radius 3 is 2.41 bits per heavy atom. The normalized spacial score (nSPS) is 13.6. The van der Waals surface area contributed by atoms with Gasteiger partial charge in [-0.25, -0.2) is 4.89 Å². The van der Waals surface area contributed by atoms with E-state index in [0.29, 0.717) is 0 Å². The number of benzene rings is 1. The van der Waals surface area contributed by atoms with E-state index in [9.17, 15) is 4.79 Å². The second-order valence-corrected chi connectivity index (χ2v) is 13.8. The lowest BCUT2D eigenvalue weighted by atomic mass is 10.1. The molecule has 0 fully saturated rings. The van der Waals surface area contributed by atoms with E-state index < -0.39 is 14.4 Å². The molecule has 0 radical (unpaired) electrons.